The lowest BCUT2D eigenvalue weighted by atomic mass is 9.99. The van der Waals surface area contributed by atoms with Gasteiger partial charge in [-0.2, -0.15) is 0 Å². The van der Waals surface area contributed by atoms with Gasteiger partial charge in [0.1, 0.15) is 5.82 Å². The SMILES string of the molecule is NC(Cc1cc(F)ccc1Cl)c1ccc(I)c(Cl)c1. The predicted octanol–water partition coefficient (Wildman–Crippen LogP) is 4.98. The van der Waals surface area contributed by atoms with Crippen LogP contribution in [-0.4, -0.2) is 0 Å². The van der Waals surface area contributed by atoms with Crippen LogP contribution in [0.15, 0.2) is 36.4 Å². The van der Waals surface area contributed by atoms with Crippen LogP contribution in [0.25, 0.3) is 0 Å². The van der Waals surface area contributed by atoms with Crippen molar-refractivity contribution < 1.29 is 4.39 Å². The second-order valence-corrected chi connectivity index (χ2v) is 6.20. The van der Waals surface area contributed by atoms with Crippen molar-refractivity contribution in [2.45, 2.75) is 12.5 Å². The third kappa shape index (κ3) is 3.81. The number of benzene rings is 2. The van der Waals surface area contributed by atoms with E-state index in [1.54, 1.807) is 6.07 Å². The predicted molar refractivity (Wildman–Crippen MR) is 86.2 cm³/mol. The highest BCUT2D eigenvalue weighted by molar-refractivity contribution is 14.1. The first-order valence-electron chi connectivity index (χ1n) is 5.62. The maximum absolute atomic E-state index is 13.2. The van der Waals surface area contributed by atoms with Crippen molar-refractivity contribution >= 4 is 45.8 Å². The monoisotopic (exact) mass is 409 g/mol. The molecule has 0 amide bonds. The van der Waals surface area contributed by atoms with Crippen molar-refractivity contribution in [3.05, 3.63) is 67.0 Å². The van der Waals surface area contributed by atoms with Gasteiger partial charge in [0.25, 0.3) is 0 Å². The summed E-state index contributed by atoms with van der Waals surface area (Å²) in [7, 11) is 0. The number of hydrogen-bond donors (Lipinski definition) is 1. The fraction of sp³-hybridized carbons (Fsp3) is 0.143. The summed E-state index contributed by atoms with van der Waals surface area (Å²) in [6.45, 7) is 0. The fourth-order valence-electron chi connectivity index (χ4n) is 1.80. The van der Waals surface area contributed by atoms with Gasteiger partial charge < -0.3 is 5.73 Å². The van der Waals surface area contributed by atoms with Crippen LogP contribution in [0.4, 0.5) is 4.39 Å². The molecule has 0 aliphatic rings. The van der Waals surface area contributed by atoms with Gasteiger partial charge in [0.05, 0.1) is 5.02 Å². The average molecular weight is 410 g/mol. The maximum atomic E-state index is 13.2. The molecule has 0 aromatic heterocycles. The summed E-state index contributed by atoms with van der Waals surface area (Å²) in [6, 6.07) is 9.68. The lowest BCUT2D eigenvalue weighted by molar-refractivity contribution is 0.622. The van der Waals surface area contributed by atoms with E-state index in [1.165, 1.54) is 12.1 Å². The van der Waals surface area contributed by atoms with Crippen molar-refractivity contribution in [3.63, 3.8) is 0 Å². The topological polar surface area (TPSA) is 26.0 Å². The Hall–Kier alpha value is -0.360. The van der Waals surface area contributed by atoms with E-state index in [-0.39, 0.29) is 11.9 Å². The molecule has 0 radical (unpaired) electrons. The normalized spacial score (nSPS) is 12.5. The molecule has 1 nitrogen and oxygen atoms in total. The quantitative estimate of drug-likeness (QED) is 0.711. The van der Waals surface area contributed by atoms with Gasteiger partial charge in [0.2, 0.25) is 0 Å². The van der Waals surface area contributed by atoms with Gasteiger partial charge in [-0.05, 0) is 70.5 Å². The third-order valence-corrected chi connectivity index (χ3v) is 4.76. The van der Waals surface area contributed by atoms with Crippen molar-refractivity contribution in [3.8, 4) is 0 Å². The van der Waals surface area contributed by atoms with Crippen LogP contribution in [0.2, 0.25) is 10.0 Å². The molecule has 2 aromatic rings. The van der Waals surface area contributed by atoms with Gasteiger partial charge in [0, 0.05) is 14.6 Å². The molecule has 2 rings (SSSR count). The van der Waals surface area contributed by atoms with Crippen LogP contribution in [0.5, 0.6) is 0 Å². The maximum Gasteiger partial charge on any atom is 0.123 e. The Kier molecular flexibility index (Phi) is 5.06. The summed E-state index contributed by atoms with van der Waals surface area (Å²) in [4.78, 5) is 0. The van der Waals surface area contributed by atoms with E-state index < -0.39 is 0 Å². The average Bonchev–Trinajstić information content (AvgIpc) is 2.37. The molecule has 19 heavy (non-hydrogen) atoms. The van der Waals surface area contributed by atoms with E-state index >= 15 is 0 Å². The highest BCUT2D eigenvalue weighted by atomic mass is 127. The molecule has 5 heteroatoms. The van der Waals surface area contributed by atoms with E-state index in [9.17, 15) is 4.39 Å². The zero-order chi connectivity index (χ0) is 14.0. The number of halogens is 4. The summed E-state index contributed by atoms with van der Waals surface area (Å²) < 4.78 is 14.2. The Morgan fingerprint density at radius 2 is 1.84 bits per heavy atom. The fourth-order valence-corrected chi connectivity index (χ4v) is 2.52. The molecule has 0 heterocycles. The Morgan fingerprint density at radius 3 is 2.53 bits per heavy atom. The largest absolute Gasteiger partial charge is 0.324 e. The van der Waals surface area contributed by atoms with Gasteiger partial charge in [-0.15, -0.1) is 0 Å². The van der Waals surface area contributed by atoms with Crippen LogP contribution >= 0.6 is 45.8 Å². The Labute approximate surface area is 135 Å². The molecule has 0 bridgehead atoms. The van der Waals surface area contributed by atoms with Crippen LogP contribution in [-0.2, 0) is 6.42 Å². The van der Waals surface area contributed by atoms with Gasteiger partial charge >= 0.3 is 0 Å². The van der Waals surface area contributed by atoms with Crippen LogP contribution < -0.4 is 5.73 Å². The number of hydrogen-bond acceptors (Lipinski definition) is 1. The molecular weight excluding hydrogens is 399 g/mol. The minimum Gasteiger partial charge on any atom is -0.324 e. The molecule has 0 saturated carbocycles. The number of rotatable bonds is 3. The second-order valence-electron chi connectivity index (χ2n) is 4.22. The first-order valence-corrected chi connectivity index (χ1v) is 7.45. The summed E-state index contributed by atoms with van der Waals surface area (Å²) >= 11 is 14.3. The van der Waals surface area contributed by atoms with Crippen LogP contribution in [0.3, 0.4) is 0 Å². The Morgan fingerprint density at radius 1 is 1.11 bits per heavy atom. The van der Waals surface area contributed by atoms with E-state index in [0.717, 1.165) is 9.13 Å². The molecule has 2 N–H and O–H groups in total. The zero-order valence-corrected chi connectivity index (χ0v) is 13.5. The Bertz CT molecular complexity index is 604. The van der Waals surface area contributed by atoms with Gasteiger partial charge in [-0.25, -0.2) is 4.39 Å². The van der Waals surface area contributed by atoms with E-state index in [1.807, 2.05) is 18.2 Å². The van der Waals surface area contributed by atoms with E-state index in [0.29, 0.717) is 22.0 Å². The molecule has 1 atom stereocenters. The summed E-state index contributed by atoms with van der Waals surface area (Å²) in [5, 5.41) is 1.19. The minimum atomic E-state index is -0.313. The molecule has 0 saturated heterocycles. The first kappa shape index (κ1) is 15.0. The van der Waals surface area contributed by atoms with Gasteiger partial charge in [0.15, 0.2) is 0 Å². The highest BCUT2D eigenvalue weighted by Crippen LogP contribution is 2.26. The van der Waals surface area contributed by atoms with Gasteiger partial charge in [-0.3, -0.25) is 0 Å². The molecule has 2 aromatic carbocycles. The van der Waals surface area contributed by atoms with Crippen molar-refractivity contribution in [2.75, 3.05) is 0 Å². The van der Waals surface area contributed by atoms with E-state index in [4.69, 9.17) is 28.9 Å². The van der Waals surface area contributed by atoms with Crippen molar-refractivity contribution in [1.82, 2.24) is 0 Å². The lowest BCUT2D eigenvalue weighted by Crippen LogP contribution is -2.13. The van der Waals surface area contributed by atoms with Crippen molar-refractivity contribution in [1.29, 1.82) is 0 Å². The first-order chi connectivity index (χ1) is 8.97. The summed E-state index contributed by atoms with van der Waals surface area (Å²) in [6.07, 6.45) is 0.466. The third-order valence-electron chi connectivity index (χ3n) is 2.82. The van der Waals surface area contributed by atoms with E-state index in [2.05, 4.69) is 22.6 Å². The zero-order valence-electron chi connectivity index (χ0n) is 9.84. The molecule has 0 spiro atoms. The Balaban J connectivity index is 2.22. The molecule has 1 unspecified atom stereocenters. The molecule has 100 valence electrons. The second kappa shape index (κ2) is 6.39. The molecule has 0 aliphatic carbocycles. The van der Waals surface area contributed by atoms with Crippen LogP contribution in [0, 0.1) is 9.39 Å². The van der Waals surface area contributed by atoms with Crippen LogP contribution in [0.1, 0.15) is 17.2 Å². The summed E-state index contributed by atoms with van der Waals surface area (Å²) in [5.41, 5.74) is 7.73. The number of nitrogens with two attached hydrogens (primary N) is 1. The molecule has 0 fully saturated rings. The standard InChI is InChI=1S/C14H11Cl2FIN/c15-11-3-2-10(17)5-9(11)7-14(19)8-1-4-13(18)12(16)6-8/h1-6,14H,7,19H2. The van der Waals surface area contributed by atoms with Crippen molar-refractivity contribution in [2.24, 2.45) is 5.73 Å². The molecule has 0 aliphatic heterocycles. The lowest BCUT2D eigenvalue weighted by Gasteiger charge is -2.14. The smallest absolute Gasteiger partial charge is 0.123 e. The highest BCUT2D eigenvalue weighted by Gasteiger charge is 2.11. The van der Waals surface area contributed by atoms with Gasteiger partial charge in [-0.1, -0.05) is 29.3 Å². The summed E-state index contributed by atoms with van der Waals surface area (Å²) in [5.74, 6) is -0.313. The molecular formula is C14H11Cl2FIN. The minimum absolute atomic E-state index is 0.270.